The third kappa shape index (κ3) is 4.28. The van der Waals surface area contributed by atoms with Gasteiger partial charge in [-0.25, -0.2) is 0 Å². The number of ether oxygens (including phenoxy) is 2. The smallest absolute Gasteiger partial charge is 0.135 e. The molecule has 0 saturated carbocycles. The van der Waals surface area contributed by atoms with Crippen molar-refractivity contribution < 1.29 is 9.47 Å². The Balaban J connectivity index is 1.73. The number of hydrogen-bond donors (Lipinski definition) is 0. The summed E-state index contributed by atoms with van der Waals surface area (Å²) >= 11 is 0. The number of benzene rings is 2. The zero-order chi connectivity index (χ0) is 22.3. The molecule has 2 saturated heterocycles. The highest BCUT2D eigenvalue weighted by Crippen LogP contribution is 2.41. The maximum atomic E-state index is 10.6. The Morgan fingerprint density at radius 2 is 0.969 bits per heavy atom. The van der Waals surface area contributed by atoms with Crippen molar-refractivity contribution in [2.75, 3.05) is 52.6 Å². The fourth-order valence-corrected chi connectivity index (χ4v) is 5.03. The molecule has 0 radical (unpaired) electrons. The number of nitriles is 2. The van der Waals surface area contributed by atoms with Gasteiger partial charge in [0.25, 0.3) is 0 Å². The zero-order valence-corrected chi connectivity index (χ0v) is 18.4. The lowest BCUT2D eigenvalue weighted by Gasteiger charge is -2.45. The quantitative estimate of drug-likeness (QED) is 0.671. The lowest BCUT2D eigenvalue weighted by atomic mass is 9.77. The van der Waals surface area contributed by atoms with Gasteiger partial charge in [-0.1, -0.05) is 60.7 Å². The Labute approximate surface area is 190 Å². The van der Waals surface area contributed by atoms with Gasteiger partial charge in [-0.2, -0.15) is 10.5 Å². The van der Waals surface area contributed by atoms with Gasteiger partial charge in [-0.3, -0.25) is 9.80 Å². The molecular weight excluding hydrogens is 400 g/mol. The second kappa shape index (κ2) is 10.3. The third-order valence-corrected chi connectivity index (χ3v) is 6.82. The minimum absolute atomic E-state index is 0.549. The average molecular weight is 431 g/mol. The Bertz CT molecular complexity index is 864. The van der Waals surface area contributed by atoms with E-state index in [4.69, 9.17) is 9.47 Å². The van der Waals surface area contributed by atoms with E-state index in [1.54, 1.807) is 0 Å². The first-order chi connectivity index (χ1) is 15.7. The summed E-state index contributed by atoms with van der Waals surface area (Å²) in [7, 11) is 0. The van der Waals surface area contributed by atoms with E-state index in [-0.39, 0.29) is 0 Å². The summed E-state index contributed by atoms with van der Waals surface area (Å²) in [5.41, 5.74) is 0.333. The predicted octanol–water partition coefficient (Wildman–Crippen LogP) is 3.27. The summed E-state index contributed by atoms with van der Waals surface area (Å²) < 4.78 is 11.2. The fraction of sp³-hybridized carbons (Fsp3) is 0.462. The van der Waals surface area contributed by atoms with Gasteiger partial charge in [0.15, 0.2) is 0 Å². The van der Waals surface area contributed by atoms with E-state index in [1.807, 2.05) is 60.7 Å². The van der Waals surface area contributed by atoms with Gasteiger partial charge in [0.2, 0.25) is 0 Å². The molecule has 0 amide bonds. The zero-order valence-electron chi connectivity index (χ0n) is 18.4. The van der Waals surface area contributed by atoms with Crippen LogP contribution in [0.4, 0.5) is 0 Å². The number of morpholine rings is 2. The summed E-state index contributed by atoms with van der Waals surface area (Å²) in [6.45, 7) is 5.25. The highest BCUT2D eigenvalue weighted by atomic mass is 16.5. The molecule has 0 spiro atoms. The summed E-state index contributed by atoms with van der Waals surface area (Å²) in [6.07, 6.45) is 1.10. The van der Waals surface area contributed by atoms with Crippen molar-refractivity contribution in [2.24, 2.45) is 0 Å². The summed E-state index contributed by atoms with van der Waals surface area (Å²) in [5.74, 6) is 0. The van der Waals surface area contributed by atoms with Crippen LogP contribution in [-0.4, -0.2) is 62.4 Å². The lowest BCUT2D eigenvalue weighted by Crippen LogP contribution is -2.54. The van der Waals surface area contributed by atoms with Gasteiger partial charge in [0.1, 0.15) is 11.1 Å². The van der Waals surface area contributed by atoms with Gasteiger partial charge in [0.05, 0.1) is 38.6 Å². The minimum atomic E-state index is -0.811. The van der Waals surface area contributed by atoms with E-state index in [0.29, 0.717) is 65.4 Å². The first-order valence-corrected chi connectivity index (χ1v) is 11.3. The van der Waals surface area contributed by atoms with E-state index in [1.165, 1.54) is 0 Å². The SMILES string of the molecule is N#CC(CCC(C#N)(c1ccccc1)N1CCOCC1)(c1ccccc1)N1CCOCC1. The van der Waals surface area contributed by atoms with Crippen molar-refractivity contribution in [1.29, 1.82) is 10.5 Å². The highest BCUT2D eigenvalue weighted by molar-refractivity contribution is 5.35. The van der Waals surface area contributed by atoms with Crippen LogP contribution in [-0.2, 0) is 20.6 Å². The van der Waals surface area contributed by atoms with Crippen molar-refractivity contribution in [3.05, 3.63) is 71.8 Å². The molecule has 2 unspecified atom stereocenters. The third-order valence-electron chi connectivity index (χ3n) is 6.82. The van der Waals surface area contributed by atoms with Crippen LogP contribution < -0.4 is 0 Å². The Morgan fingerprint density at radius 3 is 1.28 bits per heavy atom. The van der Waals surface area contributed by atoms with Gasteiger partial charge in [0, 0.05) is 26.2 Å². The number of rotatable bonds is 7. The molecule has 0 bridgehead atoms. The maximum Gasteiger partial charge on any atom is 0.135 e. The molecule has 0 aliphatic carbocycles. The molecule has 2 aliphatic heterocycles. The predicted molar refractivity (Wildman–Crippen MR) is 121 cm³/mol. The molecule has 2 aliphatic rings. The van der Waals surface area contributed by atoms with Crippen molar-refractivity contribution in [3.8, 4) is 12.1 Å². The molecule has 2 aromatic carbocycles. The average Bonchev–Trinajstić information content (AvgIpc) is 2.89. The van der Waals surface area contributed by atoms with Gasteiger partial charge >= 0.3 is 0 Å². The van der Waals surface area contributed by atoms with Crippen LogP contribution in [0.1, 0.15) is 24.0 Å². The van der Waals surface area contributed by atoms with E-state index in [9.17, 15) is 10.5 Å². The number of nitrogens with zero attached hydrogens (tertiary/aromatic N) is 4. The molecule has 2 heterocycles. The van der Waals surface area contributed by atoms with Crippen LogP contribution in [0.2, 0.25) is 0 Å². The monoisotopic (exact) mass is 430 g/mol. The second-order valence-electron chi connectivity index (χ2n) is 8.38. The molecule has 2 fully saturated rings. The molecule has 166 valence electrons. The van der Waals surface area contributed by atoms with E-state index in [2.05, 4.69) is 21.9 Å². The van der Waals surface area contributed by atoms with E-state index >= 15 is 0 Å². The molecular formula is C26H30N4O2. The molecule has 2 atom stereocenters. The summed E-state index contributed by atoms with van der Waals surface area (Å²) in [6, 6.07) is 25.4. The first-order valence-electron chi connectivity index (χ1n) is 11.3. The van der Waals surface area contributed by atoms with Crippen LogP contribution in [0, 0.1) is 22.7 Å². The van der Waals surface area contributed by atoms with E-state index in [0.717, 1.165) is 11.1 Å². The molecule has 6 nitrogen and oxygen atoms in total. The minimum Gasteiger partial charge on any atom is -0.379 e. The number of hydrogen-bond acceptors (Lipinski definition) is 6. The molecule has 32 heavy (non-hydrogen) atoms. The van der Waals surface area contributed by atoms with Crippen molar-refractivity contribution in [2.45, 2.75) is 23.9 Å². The molecule has 4 rings (SSSR count). The highest BCUT2D eigenvalue weighted by Gasteiger charge is 2.45. The maximum absolute atomic E-state index is 10.6. The first kappa shape index (κ1) is 22.5. The second-order valence-corrected chi connectivity index (χ2v) is 8.38. The van der Waals surface area contributed by atoms with Crippen LogP contribution in [0.15, 0.2) is 60.7 Å². The van der Waals surface area contributed by atoms with Crippen LogP contribution in [0.5, 0.6) is 0 Å². The Hall–Kier alpha value is -2.74. The topological polar surface area (TPSA) is 72.5 Å². The van der Waals surface area contributed by atoms with Crippen LogP contribution in [0.25, 0.3) is 0 Å². The summed E-state index contributed by atoms with van der Waals surface area (Å²) in [4.78, 5) is 4.47. The Morgan fingerprint density at radius 1 is 0.625 bits per heavy atom. The van der Waals surface area contributed by atoms with Crippen molar-refractivity contribution in [1.82, 2.24) is 9.80 Å². The Kier molecular flexibility index (Phi) is 7.19. The fourth-order valence-electron chi connectivity index (χ4n) is 5.03. The molecule has 2 aromatic rings. The normalized spacial score (nSPS) is 21.6. The van der Waals surface area contributed by atoms with E-state index < -0.39 is 11.1 Å². The standard InChI is InChI=1S/C26H30N4O2/c27-21-25(23-7-3-1-4-8-23,29-13-17-31-18-14-29)11-12-26(22-28,24-9-5-2-6-10-24)30-15-19-32-20-16-30/h1-10H,11-20H2. The van der Waals surface area contributed by atoms with Gasteiger partial charge < -0.3 is 9.47 Å². The molecule has 0 aromatic heterocycles. The largest absolute Gasteiger partial charge is 0.379 e. The van der Waals surface area contributed by atoms with Gasteiger partial charge in [-0.15, -0.1) is 0 Å². The van der Waals surface area contributed by atoms with Crippen molar-refractivity contribution in [3.63, 3.8) is 0 Å². The van der Waals surface area contributed by atoms with Crippen molar-refractivity contribution >= 4 is 0 Å². The lowest BCUT2D eigenvalue weighted by molar-refractivity contribution is -0.0271. The van der Waals surface area contributed by atoms with Crippen LogP contribution >= 0.6 is 0 Å². The van der Waals surface area contributed by atoms with Gasteiger partial charge in [-0.05, 0) is 24.0 Å². The van der Waals surface area contributed by atoms with Crippen LogP contribution in [0.3, 0.4) is 0 Å². The summed E-state index contributed by atoms with van der Waals surface area (Å²) in [5, 5.41) is 21.2. The molecule has 6 heteroatoms. The molecule has 0 N–H and O–H groups in total.